The summed E-state index contributed by atoms with van der Waals surface area (Å²) in [6.45, 7) is 1.23. The Bertz CT molecular complexity index is 232. The molecule has 0 aromatic carbocycles. The van der Waals surface area contributed by atoms with Crippen LogP contribution in [-0.4, -0.2) is 18.4 Å². The van der Waals surface area contributed by atoms with Gasteiger partial charge >= 0.3 is 0 Å². The molecule has 3 heteroatoms. The normalized spacial score (nSPS) is 51.6. The van der Waals surface area contributed by atoms with E-state index in [4.69, 9.17) is 0 Å². The SMILES string of the molecule is CNCC12C[C@@H]3CC(C[C@@H](C3)C1)C2Br.Cl. The minimum Gasteiger partial charge on any atom is -0.319 e. The number of halogens is 2. The zero-order chi connectivity index (χ0) is 9.76. The van der Waals surface area contributed by atoms with Crippen molar-refractivity contribution in [2.45, 2.75) is 36.9 Å². The highest BCUT2D eigenvalue weighted by molar-refractivity contribution is 9.09. The predicted octanol–water partition coefficient (Wildman–Crippen LogP) is 3.22. The molecule has 4 aliphatic carbocycles. The summed E-state index contributed by atoms with van der Waals surface area (Å²) in [5.74, 6) is 3.12. The van der Waals surface area contributed by atoms with E-state index in [1.807, 2.05) is 0 Å². The predicted molar refractivity (Wildman–Crippen MR) is 69.9 cm³/mol. The lowest BCUT2D eigenvalue weighted by molar-refractivity contribution is -0.0406. The third-order valence-electron chi connectivity index (χ3n) is 4.86. The van der Waals surface area contributed by atoms with E-state index in [1.165, 1.54) is 32.2 Å². The van der Waals surface area contributed by atoms with Crippen molar-refractivity contribution in [2.24, 2.45) is 23.2 Å². The van der Waals surface area contributed by atoms with Crippen LogP contribution in [0.15, 0.2) is 0 Å². The van der Waals surface area contributed by atoms with Crippen molar-refractivity contribution in [1.29, 1.82) is 0 Å². The summed E-state index contributed by atoms with van der Waals surface area (Å²) in [6, 6.07) is 0. The highest BCUT2D eigenvalue weighted by Crippen LogP contribution is 2.61. The maximum atomic E-state index is 4.00. The Hall–Kier alpha value is 0.730. The molecule has 4 aliphatic rings. The fourth-order valence-corrected chi connectivity index (χ4v) is 5.71. The van der Waals surface area contributed by atoms with Gasteiger partial charge in [-0.3, -0.25) is 0 Å². The Labute approximate surface area is 107 Å². The van der Waals surface area contributed by atoms with Crippen LogP contribution in [0.2, 0.25) is 0 Å². The van der Waals surface area contributed by atoms with E-state index in [1.54, 1.807) is 6.42 Å². The molecule has 4 bridgehead atoms. The molecule has 3 unspecified atom stereocenters. The Kier molecular flexibility index (Phi) is 3.41. The molecule has 4 rings (SSSR count). The summed E-state index contributed by atoms with van der Waals surface area (Å²) in [7, 11) is 2.11. The van der Waals surface area contributed by atoms with Crippen molar-refractivity contribution >= 4 is 28.3 Å². The van der Waals surface area contributed by atoms with Crippen LogP contribution < -0.4 is 5.32 Å². The standard InChI is InChI=1S/C12H20BrN.ClH/c1-14-7-12-5-8-2-9(6-12)4-10(3-8)11(12)13;/h8-11,14H,2-7H2,1H3;1H/t8-,9+,10?,11?,12?;. The van der Waals surface area contributed by atoms with Crippen molar-refractivity contribution in [1.82, 2.24) is 5.32 Å². The molecule has 1 nitrogen and oxygen atoms in total. The summed E-state index contributed by atoms with van der Waals surface area (Å²) in [4.78, 5) is 0.801. The molecule has 4 fully saturated rings. The fourth-order valence-electron chi connectivity index (χ4n) is 4.74. The van der Waals surface area contributed by atoms with Gasteiger partial charge in [0.15, 0.2) is 0 Å². The van der Waals surface area contributed by atoms with Gasteiger partial charge in [-0.15, -0.1) is 12.4 Å². The topological polar surface area (TPSA) is 12.0 Å². The highest BCUT2D eigenvalue weighted by atomic mass is 79.9. The summed E-state index contributed by atoms with van der Waals surface area (Å²) >= 11 is 4.00. The monoisotopic (exact) mass is 293 g/mol. The van der Waals surface area contributed by atoms with Crippen LogP contribution in [0.4, 0.5) is 0 Å². The van der Waals surface area contributed by atoms with Crippen molar-refractivity contribution in [3.05, 3.63) is 0 Å². The van der Waals surface area contributed by atoms with Crippen LogP contribution in [0.1, 0.15) is 32.1 Å². The quantitative estimate of drug-likeness (QED) is 0.771. The van der Waals surface area contributed by atoms with Crippen LogP contribution in [-0.2, 0) is 0 Å². The van der Waals surface area contributed by atoms with E-state index in [9.17, 15) is 0 Å². The van der Waals surface area contributed by atoms with Gasteiger partial charge < -0.3 is 5.32 Å². The first kappa shape index (κ1) is 12.2. The van der Waals surface area contributed by atoms with Crippen molar-refractivity contribution in [3.63, 3.8) is 0 Å². The van der Waals surface area contributed by atoms with E-state index in [2.05, 4.69) is 28.3 Å². The van der Waals surface area contributed by atoms with Gasteiger partial charge in [-0.25, -0.2) is 0 Å². The first-order valence-corrected chi connectivity index (χ1v) is 6.94. The van der Waals surface area contributed by atoms with E-state index < -0.39 is 0 Å². The summed E-state index contributed by atoms with van der Waals surface area (Å²) in [6.07, 6.45) is 7.53. The molecule has 0 aromatic heterocycles. The third-order valence-corrected chi connectivity index (χ3v) is 6.58. The second-order valence-electron chi connectivity index (χ2n) is 5.90. The van der Waals surface area contributed by atoms with Crippen molar-refractivity contribution in [2.75, 3.05) is 13.6 Å². The van der Waals surface area contributed by atoms with E-state index >= 15 is 0 Å². The lowest BCUT2D eigenvalue weighted by atomic mass is 9.49. The van der Waals surface area contributed by atoms with Gasteiger partial charge in [0.25, 0.3) is 0 Å². The first-order valence-electron chi connectivity index (χ1n) is 6.02. The molecule has 0 heterocycles. The molecule has 4 saturated carbocycles. The number of hydrogen-bond acceptors (Lipinski definition) is 1. The van der Waals surface area contributed by atoms with Gasteiger partial charge in [0.2, 0.25) is 0 Å². The van der Waals surface area contributed by atoms with Crippen LogP contribution in [0, 0.1) is 23.2 Å². The average Bonchev–Trinajstić information content (AvgIpc) is 2.13. The smallest absolute Gasteiger partial charge is 0.0243 e. The van der Waals surface area contributed by atoms with Crippen LogP contribution in [0.25, 0.3) is 0 Å². The molecule has 0 radical (unpaired) electrons. The van der Waals surface area contributed by atoms with Crippen LogP contribution in [0.5, 0.6) is 0 Å². The number of rotatable bonds is 2. The van der Waals surface area contributed by atoms with Crippen LogP contribution in [0.3, 0.4) is 0 Å². The minimum atomic E-state index is 0. The zero-order valence-corrected chi connectivity index (χ0v) is 11.7. The van der Waals surface area contributed by atoms with Gasteiger partial charge in [0, 0.05) is 11.4 Å². The lowest BCUT2D eigenvalue weighted by Gasteiger charge is -2.59. The Balaban J connectivity index is 0.000000853. The van der Waals surface area contributed by atoms with E-state index in [0.29, 0.717) is 5.41 Å². The van der Waals surface area contributed by atoms with Crippen LogP contribution >= 0.6 is 28.3 Å². The molecule has 88 valence electrons. The molecule has 0 aliphatic heterocycles. The molecule has 5 atom stereocenters. The maximum absolute atomic E-state index is 4.00. The third kappa shape index (κ3) is 1.77. The Morgan fingerprint density at radius 1 is 1.20 bits per heavy atom. The minimum absolute atomic E-state index is 0. The van der Waals surface area contributed by atoms with Gasteiger partial charge in [-0.05, 0) is 62.3 Å². The lowest BCUT2D eigenvalue weighted by Crippen LogP contribution is -2.56. The summed E-state index contributed by atoms with van der Waals surface area (Å²) < 4.78 is 0. The second-order valence-corrected chi connectivity index (χ2v) is 6.89. The fraction of sp³-hybridized carbons (Fsp3) is 1.00. The van der Waals surface area contributed by atoms with Crippen molar-refractivity contribution < 1.29 is 0 Å². The molecular formula is C12H21BrClN. The molecule has 0 saturated heterocycles. The van der Waals surface area contributed by atoms with Gasteiger partial charge in [0.05, 0.1) is 0 Å². The van der Waals surface area contributed by atoms with Gasteiger partial charge in [0.1, 0.15) is 0 Å². The molecule has 0 amide bonds. The summed E-state index contributed by atoms with van der Waals surface area (Å²) in [5, 5.41) is 3.43. The highest BCUT2D eigenvalue weighted by Gasteiger charge is 2.55. The van der Waals surface area contributed by atoms with Gasteiger partial charge in [-0.2, -0.15) is 0 Å². The number of alkyl halides is 1. The van der Waals surface area contributed by atoms with E-state index in [-0.39, 0.29) is 12.4 Å². The summed E-state index contributed by atoms with van der Waals surface area (Å²) in [5.41, 5.74) is 0.615. The first-order chi connectivity index (χ1) is 6.73. The molecule has 0 spiro atoms. The average molecular weight is 295 g/mol. The zero-order valence-electron chi connectivity index (χ0n) is 9.34. The molecule has 1 N–H and O–H groups in total. The number of nitrogens with one attached hydrogen (secondary N) is 1. The second kappa shape index (κ2) is 4.19. The Morgan fingerprint density at radius 3 is 2.33 bits per heavy atom. The van der Waals surface area contributed by atoms with Gasteiger partial charge in [-0.1, -0.05) is 15.9 Å². The number of hydrogen-bond donors (Lipinski definition) is 1. The van der Waals surface area contributed by atoms with Crippen molar-refractivity contribution in [3.8, 4) is 0 Å². The largest absolute Gasteiger partial charge is 0.319 e. The maximum Gasteiger partial charge on any atom is 0.0243 e. The Morgan fingerprint density at radius 2 is 1.80 bits per heavy atom. The van der Waals surface area contributed by atoms with E-state index in [0.717, 1.165) is 22.6 Å². The molecule has 0 aromatic rings. The molecular weight excluding hydrogens is 273 g/mol. The molecule has 15 heavy (non-hydrogen) atoms.